The summed E-state index contributed by atoms with van der Waals surface area (Å²) in [4.78, 5) is 0. The fraction of sp³-hybridized carbons (Fsp3) is 0.700. The van der Waals surface area contributed by atoms with Crippen LogP contribution in [0.5, 0.6) is 0 Å². The van der Waals surface area contributed by atoms with Gasteiger partial charge in [0.15, 0.2) is 0 Å². The van der Waals surface area contributed by atoms with Gasteiger partial charge >= 0.3 is 0 Å². The molecule has 3 atom stereocenters. The number of fused-ring (bicyclic) bond motifs is 2. The number of ether oxygens (including phenoxy) is 1. The number of hydrogen-bond acceptors (Lipinski definition) is 3. The van der Waals surface area contributed by atoms with Crippen molar-refractivity contribution in [3.05, 3.63) is 18.0 Å². The molecule has 3 rings (SSSR count). The molecule has 2 N–H and O–H groups in total. The van der Waals surface area contributed by atoms with Crippen LogP contribution in [-0.2, 0) is 11.3 Å². The highest BCUT2D eigenvalue weighted by Gasteiger charge is 2.40. The van der Waals surface area contributed by atoms with E-state index >= 15 is 0 Å². The molecule has 2 fully saturated rings. The normalized spacial score (nSPS) is 35.3. The lowest BCUT2D eigenvalue weighted by Gasteiger charge is -2.19. The largest absolute Gasteiger partial charge is 0.373 e. The quantitative estimate of drug-likeness (QED) is 0.747. The molecule has 2 aliphatic heterocycles. The number of aromatic amines is 1. The first-order valence-electron chi connectivity index (χ1n) is 5.28. The van der Waals surface area contributed by atoms with Crippen molar-refractivity contribution in [2.24, 2.45) is 0 Å². The topological polar surface area (TPSA) is 49.9 Å². The molecule has 4 nitrogen and oxygen atoms in total. The second-order valence-electron chi connectivity index (χ2n) is 4.20. The maximum absolute atomic E-state index is 5.77. The number of hydrogen-bond donors (Lipinski definition) is 2. The van der Waals surface area contributed by atoms with Crippen LogP contribution in [0.2, 0.25) is 0 Å². The van der Waals surface area contributed by atoms with Gasteiger partial charge in [0.1, 0.15) is 0 Å². The van der Waals surface area contributed by atoms with E-state index in [9.17, 15) is 0 Å². The Labute approximate surface area is 83.0 Å². The Bertz CT molecular complexity index is 298. The van der Waals surface area contributed by atoms with E-state index in [0.29, 0.717) is 18.2 Å². The maximum Gasteiger partial charge on any atom is 0.0733 e. The first-order valence-corrected chi connectivity index (χ1v) is 5.28. The highest BCUT2D eigenvalue weighted by molar-refractivity contribution is 5.03. The zero-order valence-electron chi connectivity index (χ0n) is 8.07. The van der Waals surface area contributed by atoms with Gasteiger partial charge in [-0.1, -0.05) is 0 Å². The van der Waals surface area contributed by atoms with Crippen LogP contribution in [0, 0.1) is 0 Å². The third kappa shape index (κ3) is 1.44. The second-order valence-corrected chi connectivity index (χ2v) is 4.20. The van der Waals surface area contributed by atoms with Crippen molar-refractivity contribution in [3.8, 4) is 0 Å². The summed E-state index contributed by atoms with van der Waals surface area (Å²) >= 11 is 0. The van der Waals surface area contributed by atoms with Gasteiger partial charge in [0, 0.05) is 24.3 Å². The van der Waals surface area contributed by atoms with Gasteiger partial charge in [-0.15, -0.1) is 0 Å². The summed E-state index contributed by atoms with van der Waals surface area (Å²) in [5.41, 5.74) is 1.22. The van der Waals surface area contributed by atoms with Crippen LogP contribution in [0.25, 0.3) is 0 Å². The van der Waals surface area contributed by atoms with E-state index in [1.54, 1.807) is 0 Å². The molecule has 1 aromatic rings. The molecule has 3 unspecified atom stereocenters. The third-order valence-electron chi connectivity index (χ3n) is 3.23. The molecule has 76 valence electrons. The summed E-state index contributed by atoms with van der Waals surface area (Å²) < 4.78 is 5.77. The minimum Gasteiger partial charge on any atom is -0.373 e. The molecule has 0 saturated carbocycles. The van der Waals surface area contributed by atoms with E-state index in [4.69, 9.17) is 4.74 Å². The number of aromatic nitrogens is 2. The fourth-order valence-corrected chi connectivity index (χ4v) is 2.48. The molecule has 14 heavy (non-hydrogen) atoms. The first-order chi connectivity index (χ1) is 6.92. The Morgan fingerprint density at radius 2 is 2.57 bits per heavy atom. The third-order valence-corrected chi connectivity index (χ3v) is 3.23. The van der Waals surface area contributed by atoms with Crippen molar-refractivity contribution in [2.45, 2.75) is 44.1 Å². The predicted molar refractivity (Wildman–Crippen MR) is 51.7 cm³/mol. The van der Waals surface area contributed by atoms with Crippen LogP contribution in [-0.4, -0.2) is 28.4 Å². The monoisotopic (exact) mass is 193 g/mol. The van der Waals surface area contributed by atoms with Gasteiger partial charge in [-0.25, -0.2) is 0 Å². The van der Waals surface area contributed by atoms with E-state index in [1.165, 1.54) is 24.8 Å². The molecule has 0 radical (unpaired) electrons. The lowest BCUT2D eigenvalue weighted by atomic mass is 9.95. The standard InChI is InChI=1S/C10H15N3O/c1-2-10-9(3-8(1)14-10)11-4-7-5-12-13-6-7/h5-6,8-11H,1-4H2,(H,12,13). The van der Waals surface area contributed by atoms with Crippen LogP contribution < -0.4 is 5.32 Å². The number of nitrogens with one attached hydrogen (secondary N) is 2. The summed E-state index contributed by atoms with van der Waals surface area (Å²) in [6.45, 7) is 0.897. The predicted octanol–water partition coefficient (Wildman–Crippen LogP) is 0.819. The van der Waals surface area contributed by atoms with E-state index in [-0.39, 0.29) is 0 Å². The average Bonchev–Trinajstić information content (AvgIpc) is 2.91. The van der Waals surface area contributed by atoms with Crippen molar-refractivity contribution < 1.29 is 4.74 Å². The van der Waals surface area contributed by atoms with Crippen molar-refractivity contribution in [1.82, 2.24) is 15.5 Å². The molecule has 2 aliphatic rings. The Morgan fingerprint density at radius 3 is 3.21 bits per heavy atom. The van der Waals surface area contributed by atoms with Crippen LogP contribution in [0.1, 0.15) is 24.8 Å². The lowest BCUT2D eigenvalue weighted by molar-refractivity contribution is 0.0973. The zero-order valence-corrected chi connectivity index (χ0v) is 8.07. The van der Waals surface area contributed by atoms with E-state index in [0.717, 1.165) is 6.54 Å². The highest BCUT2D eigenvalue weighted by atomic mass is 16.5. The molecule has 3 heterocycles. The van der Waals surface area contributed by atoms with Crippen LogP contribution in [0.4, 0.5) is 0 Å². The van der Waals surface area contributed by atoms with Crippen LogP contribution in [0.15, 0.2) is 12.4 Å². The fourth-order valence-electron chi connectivity index (χ4n) is 2.48. The zero-order chi connectivity index (χ0) is 9.38. The second kappa shape index (κ2) is 3.37. The summed E-state index contributed by atoms with van der Waals surface area (Å²) in [5.74, 6) is 0. The van der Waals surface area contributed by atoms with Gasteiger partial charge in [0.2, 0.25) is 0 Å². The van der Waals surface area contributed by atoms with Gasteiger partial charge < -0.3 is 10.1 Å². The molecule has 4 heteroatoms. The molecule has 0 aliphatic carbocycles. The summed E-state index contributed by atoms with van der Waals surface area (Å²) in [6.07, 6.45) is 8.46. The number of nitrogens with zero attached hydrogens (tertiary/aromatic N) is 1. The van der Waals surface area contributed by atoms with E-state index in [1.807, 2.05) is 12.4 Å². The number of rotatable bonds is 3. The van der Waals surface area contributed by atoms with Crippen LogP contribution in [0.3, 0.4) is 0 Å². The Balaban J connectivity index is 1.54. The highest BCUT2D eigenvalue weighted by Crippen LogP contribution is 2.34. The van der Waals surface area contributed by atoms with Gasteiger partial charge in [-0.05, 0) is 19.3 Å². The Hall–Kier alpha value is -0.870. The van der Waals surface area contributed by atoms with Crippen molar-refractivity contribution in [3.63, 3.8) is 0 Å². The molecule has 2 saturated heterocycles. The van der Waals surface area contributed by atoms with Gasteiger partial charge in [0.05, 0.1) is 18.4 Å². The van der Waals surface area contributed by atoms with Gasteiger partial charge in [0.25, 0.3) is 0 Å². The molecule has 1 aromatic heterocycles. The summed E-state index contributed by atoms with van der Waals surface area (Å²) in [5, 5.41) is 10.3. The minimum absolute atomic E-state index is 0.465. The molecular formula is C10H15N3O. The van der Waals surface area contributed by atoms with Crippen molar-refractivity contribution >= 4 is 0 Å². The molecular weight excluding hydrogens is 178 g/mol. The van der Waals surface area contributed by atoms with Crippen molar-refractivity contribution in [2.75, 3.05) is 0 Å². The Morgan fingerprint density at radius 1 is 1.57 bits per heavy atom. The van der Waals surface area contributed by atoms with Crippen LogP contribution >= 0.6 is 0 Å². The maximum atomic E-state index is 5.77. The lowest BCUT2D eigenvalue weighted by Crippen LogP contribution is -2.36. The minimum atomic E-state index is 0.465. The van der Waals surface area contributed by atoms with E-state index < -0.39 is 0 Å². The molecule has 0 spiro atoms. The smallest absolute Gasteiger partial charge is 0.0733 e. The van der Waals surface area contributed by atoms with Crippen molar-refractivity contribution in [1.29, 1.82) is 0 Å². The molecule has 0 aromatic carbocycles. The molecule has 2 bridgehead atoms. The number of H-pyrrole nitrogens is 1. The SMILES string of the molecule is c1n[nH]cc1CNC1CC2CCC1O2. The first kappa shape index (κ1) is 8.44. The average molecular weight is 193 g/mol. The molecule has 0 amide bonds. The van der Waals surface area contributed by atoms with Gasteiger partial charge in [-0.3, -0.25) is 5.10 Å². The summed E-state index contributed by atoms with van der Waals surface area (Å²) in [6, 6.07) is 0.559. The summed E-state index contributed by atoms with van der Waals surface area (Å²) in [7, 11) is 0. The van der Waals surface area contributed by atoms with Gasteiger partial charge in [-0.2, -0.15) is 5.10 Å². The Kier molecular flexibility index (Phi) is 2.03. The van der Waals surface area contributed by atoms with E-state index in [2.05, 4.69) is 15.5 Å².